The molecule has 0 radical (unpaired) electrons. The molecule has 2 saturated carbocycles. The predicted molar refractivity (Wildman–Crippen MR) is 137 cm³/mol. The summed E-state index contributed by atoms with van der Waals surface area (Å²) in [5, 5.41) is 8.42. The first-order valence-electron chi connectivity index (χ1n) is 12.3. The molecular formula is C28H31ClN4O2. The molecule has 1 heterocycles. The number of rotatable bonds is 8. The smallest absolute Gasteiger partial charge is 0.251 e. The van der Waals surface area contributed by atoms with Crippen LogP contribution in [0.2, 0.25) is 5.02 Å². The van der Waals surface area contributed by atoms with E-state index < -0.39 is 0 Å². The molecule has 35 heavy (non-hydrogen) atoms. The molecule has 1 aromatic heterocycles. The topological polar surface area (TPSA) is 67.2 Å². The van der Waals surface area contributed by atoms with E-state index >= 15 is 0 Å². The number of nitrogens with zero attached hydrogens (tertiary/aromatic N) is 3. The van der Waals surface area contributed by atoms with Crippen LogP contribution in [0.3, 0.4) is 0 Å². The minimum Gasteiger partial charge on any atom is -0.349 e. The van der Waals surface area contributed by atoms with Crippen LogP contribution in [0, 0.1) is 20.8 Å². The number of hydrogen-bond acceptors (Lipinski definition) is 3. The maximum atomic E-state index is 13.5. The molecule has 2 aliphatic rings. The quantitative estimate of drug-likeness (QED) is 0.479. The van der Waals surface area contributed by atoms with Gasteiger partial charge in [0, 0.05) is 40.5 Å². The Morgan fingerprint density at radius 3 is 2.40 bits per heavy atom. The summed E-state index contributed by atoms with van der Waals surface area (Å²) in [7, 11) is 0. The monoisotopic (exact) mass is 490 g/mol. The summed E-state index contributed by atoms with van der Waals surface area (Å²) < 4.78 is 1.87. The third kappa shape index (κ3) is 5.27. The molecular weight excluding hydrogens is 460 g/mol. The molecule has 2 aromatic carbocycles. The highest BCUT2D eigenvalue weighted by atomic mass is 35.5. The molecule has 0 saturated heterocycles. The number of carbonyl (C=O) groups is 2. The molecule has 1 N–H and O–H groups in total. The SMILES string of the molecule is Cc1ccc(-n2nc(C)c(CC(=O)N(Cc3ccc(C(=O)NC4CC4)cc3)C3CC3)c2C)cc1Cl. The summed E-state index contributed by atoms with van der Waals surface area (Å²) in [4.78, 5) is 27.7. The van der Waals surface area contributed by atoms with Gasteiger partial charge in [-0.25, -0.2) is 4.68 Å². The largest absolute Gasteiger partial charge is 0.349 e. The van der Waals surface area contributed by atoms with E-state index in [1.54, 1.807) is 0 Å². The van der Waals surface area contributed by atoms with Gasteiger partial charge in [-0.3, -0.25) is 9.59 Å². The summed E-state index contributed by atoms with van der Waals surface area (Å²) in [6.45, 7) is 6.48. The zero-order valence-corrected chi connectivity index (χ0v) is 21.2. The summed E-state index contributed by atoms with van der Waals surface area (Å²) >= 11 is 6.34. The Morgan fingerprint density at radius 1 is 1.06 bits per heavy atom. The van der Waals surface area contributed by atoms with Crippen LogP contribution in [0.15, 0.2) is 42.5 Å². The van der Waals surface area contributed by atoms with Gasteiger partial charge in [0.2, 0.25) is 5.91 Å². The summed E-state index contributed by atoms with van der Waals surface area (Å²) in [5.41, 5.74) is 6.39. The average Bonchev–Trinajstić information content (AvgIpc) is 3.76. The number of aryl methyl sites for hydroxylation is 2. The molecule has 182 valence electrons. The average molecular weight is 491 g/mol. The highest BCUT2D eigenvalue weighted by molar-refractivity contribution is 6.31. The predicted octanol–water partition coefficient (Wildman–Crippen LogP) is 5.08. The Labute approximate surface area is 211 Å². The fourth-order valence-electron chi connectivity index (χ4n) is 4.41. The van der Waals surface area contributed by atoms with E-state index in [0.717, 1.165) is 59.4 Å². The number of halogens is 1. The highest BCUT2D eigenvalue weighted by Crippen LogP contribution is 2.30. The van der Waals surface area contributed by atoms with Gasteiger partial charge in [-0.1, -0.05) is 29.8 Å². The van der Waals surface area contributed by atoms with Gasteiger partial charge in [-0.15, -0.1) is 0 Å². The van der Waals surface area contributed by atoms with Crippen molar-refractivity contribution in [1.82, 2.24) is 20.0 Å². The van der Waals surface area contributed by atoms with Gasteiger partial charge in [0.1, 0.15) is 0 Å². The van der Waals surface area contributed by atoms with Crippen LogP contribution in [-0.2, 0) is 17.8 Å². The molecule has 3 aromatic rings. The van der Waals surface area contributed by atoms with E-state index in [4.69, 9.17) is 16.7 Å². The molecule has 2 aliphatic carbocycles. The zero-order valence-electron chi connectivity index (χ0n) is 20.5. The van der Waals surface area contributed by atoms with Gasteiger partial charge in [0.05, 0.1) is 17.8 Å². The van der Waals surface area contributed by atoms with Gasteiger partial charge in [0.15, 0.2) is 0 Å². The van der Waals surface area contributed by atoms with Crippen LogP contribution < -0.4 is 5.32 Å². The Morgan fingerprint density at radius 2 is 1.77 bits per heavy atom. The lowest BCUT2D eigenvalue weighted by Gasteiger charge is -2.23. The van der Waals surface area contributed by atoms with Crippen LogP contribution in [0.4, 0.5) is 0 Å². The van der Waals surface area contributed by atoms with Gasteiger partial charge >= 0.3 is 0 Å². The van der Waals surface area contributed by atoms with Crippen molar-refractivity contribution in [3.8, 4) is 5.69 Å². The van der Waals surface area contributed by atoms with E-state index in [1.165, 1.54) is 0 Å². The van der Waals surface area contributed by atoms with Crippen LogP contribution in [0.5, 0.6) is 0 Å². The standard InChI is InChI=1S/C28H31ClN4O2/c1-17-4-11-24(14-26(17)29)33-19(3)25(18(2)31-33)15-27(34)32(23-12-13-23)16-20-5-7-21(8-6-20)28(35)30-22-9-10-22/h4-8,11,14,22-23H,9-10,12-13,15-16H2,1-3H3,(H,30,35). The van der Waals surface area contributed by atoms with E-state index in [-0.39, 0.29) is 17.9 Å². The Balaban J connectivity index is 1.30. The van der Waals surface area contributed by atoms with E-state index in [9.17, 15) is 9.59 Å². The molecule has 2 fully saturated rings. The molecule has 0 spiro atoms. The van der Waals surface area contributed by atoms with Crippen LogP contribution in [-0.4, -0.2) is 38.6 Å². The van der Waals surface area contributed by atoms with Gasteiger partial charge in [-0.2, -0.15) is 5.10 Å². The Kier molecular flexibility index (Phi) is 6.41. The normalized spacial score (nSPS) is 15.2. The van der Waals surface area contributed by atoms with Crippen molar-refractivity contribution in [3.63, 3.8) is 0 Å². The summed E-state index contributed by atoms with van der Waals surface area (Å²) in [5.74, 6) is 0.0859. The Hall–Kier alpha value is -3.12. The summed E-state index contributed by atoms with van der Waals surface area (Å²) in [6.07, 6.45) is 4.52. The fourth-order valence-corrected chi connectivity index (χ4v) is 4.59. The Bertz CT molecular complexity index is 1270. The van der Waals surface area contributed by atoms with Crippen molar-refractivity contribution in [1.29, 1.82) is 0 Å². The van der Waals surface area contributed by atoms with Crippen molar-refractivity contribution in [3.05, 3.63) is 81.1 Å². The molecule has 6 nitrogen and oxygen atoms in total. The number of nitrogens with one attached hydrogen (secondary N) is 1. The number of benzene rings is 2. The fraction of sp³-hybridized carbons (Fsp3) is 0.393. The summed E-state index contributed by atoms with van der Waals surface area (Å²) in [6, 6.07) is 14.1. The number of carbonyl (C=O) groups excluding carboxylic acids is 2. The van der Waals surface area contributed by atoms with Gasteiger partial charge in [-0.05, 0) is 81.8 Å². The second kappa shape index (κ2) is 9.50. The van der Waals surface area contributed by atoms with Crippen LogP contribution in [0.1, 0.15) is 64.1 Å². The highest BCUT2D eigenvalue weighted by Gasteiger charge is 2.33. The maximum Gasteiger partial charge on any atom is 0.251 e. The molecule has 5 rings (SSSR count). The third-order valence-electron chi connectivity index (χ3n) is 6.96. The molecule has 2 amide bonds. The molecule has 0 atom stereocenters. The lowest BCUT2D eigenvalue weighted by atomic mass is 10.1. The number of aromatic nitrogens is 2. The van der Waals surface area contributed by atoms with Crippen molar-refractivity contribution in [2.45, 2.75) is 71.5 Å². The maximum absolute atomic E-state index is 13.5. The second-order valence-corrected chi connectivity index (χ2v) is 10.3. The molecule has 0 bridgehead atoms. The first-order valence-corrected chi connectivity index (χ1v) is 12.7. The van der Waals surface area contributed by atoms with E-state index in [0.29, 0.717) is 29.6 Å². The van der Waals surface area contributed by atoms with Crippen molar-refractivity contribution in [2.75, 3.05) is 0 Å². The minimum atomic E-state index is -0.0213. The van der Waals surface area contributed by atoms with Gasteiger partial charge in [0.25, 0.3) is 5.91 Å². The lowest BCUT2D eigenvalue weighted by molar-refractivity contribution is -0.131. The molecule has 0 aliphatic heterocycles. The van der Waals surface area contributed by atoms with Crippen molar-refractivity contribution >= 4 is 23.4 Å². The first-order chi connectivity index (χ1) is 16.8. The van der Waals surface area contributed by atoms with Gasteiger partial charge < -0.3 is 10.2 Å². The van der Waals surface area contributed by atoms with E-state index in [1.807, 2.05) is 72.8 Å². The van der Waals surface area contributed by atoms with Crippen LogP contribution >= 0.6 is 11.6 Å². The zero-order chi connectivity index (χ0) is 24.7. The third-order valence-corrected chi connectivity index (χ3v) is 7.37. The van der Waals surface area contributed by atoms with E-state index in [2.05, 4.69) is 5.32 Å². The lowest BCUT2D eigenvalue weighted by Crippen LogP contribution is -2.34. The van der Waals surface area contributed by atoms with Crippen molar-refractivity contribution in [2.24, 2.45) is 0 Å². The molecule has 7 heteroatoms. The minimum absolute atomic E-state index is 0.0213. The van der Waals surface area contributed by atoms with Crippen molar-refractivity contribution < 1.29 is 9.59 Å². The first kappa shape index (κ1) is 23.6. The second-order valence-electron chi connectivity index (χ2n) is 9.87. The number of hydrogen-bond donors (Lipinski definition) is 1. The number of amides is 2. The molecule has 0 unspecified atom stereocenters. The van der Waals surface area contributed by atoms with Crippen LogP contribution in [0.25, 0.3) is 5.69 Å².